The van der Waals surface area contributed by atoms with Gasteiger partial charge in [0.15, 0.2) is 11.6 Å². The standard InChI is InChI=1S/C21H23FN4O2/c1-15(18-7-8-20(28-2)19(22)11-18)25-21(27)24-12-16-3-5-17(6-4-16)13-26-10-9-23-14-26/h3-11,14-15H,12-13H2,1-2H3,(H2,24,25,27). The molecule has 0 spiro atoms. The number of carbonyl (C=O) groups is 1. The van der Waals surface area contributed by atoms with Gasteiger partial charge < -0.3 is 19.9 Å². The molecule has 1 unspecified atom stereocenters. The molecule has 3 rings (SSSR count). The number of urea groups is 1. The normalized spacial score (nSPS) is 11.7. The van der Waals surface area contributed by atoms with Crippen molar-refractivity contribution in [3.05, 3.63) is 83.7 Å². The van der Waals surface area contributed by atoms with Gasteiger partial charge >= 0.3 is 6.03 Å². The third-order valence-electron chi connectivity index (χ3n) is 4.42. The first kappa shape index (κ1) is 19.4. The van der Waals surface area contributed by atoms with Crippen LogP contribution < -0.4 is 15.4 Å². The third-order valence-corrected chi connectivity index (χ3v) is 4.42. The molecule has 1 atom stereocenters. The minimum atomic E-state index is -0.454. The molecule has 3 aromatic rings. The van der Waals surface area contributed by atoms with Gasteiger partial charge in [0.2, 0.25) is 0 Å². The van der Waals surface area contributed by atoms with Gasteiger partial charge in [-0.2, -0.15) is 0 Å². The van der Waals surface area contributed by atoms with Crippen molar-refractivity contribution in [2.45, 2.75) is 26.1 Å². The Kier molecular flexibility index (Phi) is 6.26. The summed E-state index contributed by atoms with van der Waals surface area (Å²) in [5, 5.41) is 5.62. The van der Waals surface area contributed by atoms with Crippen LogP contribution in [0.3, 0.4) is 0 Å². The molecule has 0 aliphatic heterocycles. The Morgan fingerprint density at radius 2 is 1.96 bits per heavy atom. The van der Waals surface area contributed by atoms with E-state index < -0.39 is 5.82 Å². The van der Waals surface area contributed by atoms with Crippen LogP contribution in [0.1, 0.15) is 29.7 Å². The van der Waals surface area contributed by atoms with Gasteiger partial charge in [0.25, 0.3) is 0 Å². The zero-order valence-corrected chi connectivity index (χ0v) is 15.9. The van der Waals surface area contributed by atoms with E-state index in [9.17, 15) is 9.18 Å². The van der Waals surface area contributed by atoms with Crippen molar-refractivity contribution in [2.24, 2.45) is 0 Å². The molecule has 2 amide bonds. The molecule has 7 heteroatoms. The summed E-state index contributed by atoms with van der Waals surface area (Å²) in [5.74, 6) is -0.276. The van der Waals surface area contributed by atoms with Crippen LogP contribution in [-0.2, 0) is 13.1 Å². The van der Waals surface area contributed by atoms with Crippen LogP contribution in [-0.4, -0.2) is 22.7 Å². The fourth-order valence-corrected chi connectivity index (χ4v) is 2.82. The van der Waals surface area contributed by atoms with Gasteiger partial charge in [0.1, 0.15) is 0 Å². The highest BCUT2D eigenvalue weighted by Crippen LogP contribution is 2.21. The van der Waals surface area contributed by atoms with Crippen molar-refractivity contribution in [3.8, 4) is 5.75 Å². The molecule has 2 aromatic carbocycles. The van der Waals surface area contributed by atoms with Crippen LogP contribution in [0.15, 0.2) is 61.2 Å². The molecular formula is C21H23FN4O2. The molecule has 0 aliphatic rings. The SMILES string of the molecule is COc1ccc(C(C)NC(=O)NCc2ccc(Cn3ccnc3)cc2)cc1F. The van der Waals surface area contributed by atoms with Crippen LogP contribution in [0.4, 0.5) is 9.18 Å². The first-order valence-electron chi connectivity index (χ1n) is 8.96. The summed E-state index contributed by atoms with van der Waals surface area (Å²) in [4.78, 5) is 16.2. The molecule has 1 heterocycles. The number of benzene rings is 2. The van der Waals surface area contributed by atoms with Crippen molar-refractivity contribution in [1.29, 1.82) is 0 Å². The number of rotatable bonds is 7. The van der Waals surface area contributed by atoms with Gasteiger partial charge in [-0.3, -0.25) is 0 Å². The smallest absolute Gasteiger partial charge is 0.315 e. The van der Waals surface area contributed by atoms with E-state index >= 15 is 0 Å². The Balaban J connectivity index is 1.49. The fraction of sp³-hybridized carbons (Fsp3) is 0.238. The molecule has 0 aliphatic carbocycles. The van der Waals surface area contributed by atoms with Crippen LogP contribution in [0.2, 0.25) is 0 Å². The number of carbonyl (C=O) groups excluding carboxylic acids is 1. The van der Waals surface area contributed by atoms with Gasteiger partial charge in [0.05, 0.1) is 19.5 Å². The number of hydrogen-bond acceptors (Lipinski definition) is 3. The number of aromatic nitrogens is 2. The fourth-order valence-electron chi connectivity index (χ4n) is 2.82. The van der Waals surface area contributed by atoms with E-state index in [1.165, 1.54) is 13.2 Å². The molecule has 146 valence electrons. The lowest BCUT2D eigenvalue weighted by Gasteiger charge is -2.16. The molecule has 0 radical (unpaired) electrons. The first-order chi connectivity index (χ1) is 13.5. The van der Waals surface area contributed by atoms with Crippen LogP contribution in [0.5, 0.6) is 5.75 Å². The summed E-state index contributed by atoms with van der Waals surface area (Å²) in [6.07, 6.45) is 5.43. The monoisotopic (exact) mass is 382 g/mol. The maximum absolute atomic E-state index is 13.8. The number of halogens is 1. The number of nitrogens with zero attached hydrogens (tertiary/aromatic N) is 2. The molecular weight excluding hydrogens is 359 g/mol. The summed E-state index contributed by atoms with van der Waals surface area (Å²) in [6.45, 7) is 2.96. The van der Waals surface area contributed by atoms with Crippen LogP contribution in [0, 0.1) is 5.82 Å². The van der Waals surface area contributed by atoms with E-state index in [-0.39, 0.29) is 17.8 Å². The quantitative estimate of drug-likeness (QED) is 0.656. The van der Waals surface area contributed by atoms with Crippen LogP contribution in [0.25, 0.3) is 0 Å². The molecule has 6 nitrogen and oxygen atoms in total. The lowest BCUT2D eigenvalue weighted by molar-refractivity contribution is 0.237. The van der Waals surface area contributed by atoms with E-state index in [0.717, 1.165) is 17.7 Å². The molecule has 0 fully saturated rings. The molecule has 0 saturated carbocycles. The number of hydrogen-bond donors (Lipinski definition) is 2. The summed E-state index contributed by atoms with van der Waals surface area (Å²) in [5.41, 5.74) is 2.81. The number of methoxy groups -OCH3 is 1. The van der Waals surface area contributed by atoms with Crippen molar-refractivity contribution in [3.63, 3.8) is 0 Å². The average Bonchev–Trinajstić information content (AvgIpc) is 3.20. The minimum absolute atomic E-state index is 0.178. The zero-order valence-electron chi connectivity index (χ0n) is 15.9. The second-order valence-electron chi connectivity index (χ2n) is 6.49. The van der Waals surface area contributed by atoms with Gasteiger partial charge in [-0.1, -0.05) is 30.3 Å². The highest BCUT2D eigenvalue weighted by Gasteiger charge is 2.12. The maximum Gasteiger partial charge on any atom is 0.315 e. The van der Waals surface area contributed by atoms with Crippen LogP contribution >= 0.6 is 0 Å². The Hall–Kier alpha value is -3.35. The lowest BCUT2D eigenvalue weighted by atomic mass is 10.1. The Bertz CT molecular complexity index is 911. The van der Waals surface area contributed by atoms with Crippen molar-refractivity contribution < 1.29 is 13.9 Å². The second kappa shape index (κ2) is 9.03. The minimum Gasteiger partial charge on any atom is -0.494 e. The number of amides is 2. The van der Waals surface area contributed by atoms with Gasteiger partial charge in [0, 0.05) is 25.5 Å². The predicted molar refractivity (Wildman–Crippen MR) is 105 cm³/mol. The second-order valence-corrected chi connectivity index (χ2v) is 6.49. The first-order valence-corrected chi connectivity index (χ1v) is 8.96. The molecule has 1 aromatic heterocycles. The third kappa shape index (κ3) is 5.09. The van der Waals surface area contributed by atoms with E-state index in [4.69, 9.17) is 4.74 Å². The van der Waals surface area contributed by atoms with E-state index in [2.05, 4.69) is 15.6 Å². The number of ether oxygens (including phenoxy) is 1. The van der Waals surface area contributed by atoms with Gasteiger partial charge in [-0.15, -0.1) is 0 Å². The number of nitrogens with one attached hydrogen (secondary N) is 2. The summed E-state index contributed by atoms with van der Waals surface area (Å²) in [6, 6.07) is 12.0. The zero-order chi connectivity index (χ0) is 19.9. The summed E-state index contributed by atoms with van der Waals surface area (Å²) in [7, 11) is 1.41. The topological polar surface area (TPSA) is 68.2 Å². The Morgan fingerprint density at radius 3 is 2.61 bits per heavy atom. The van der Waals surface area contributed by atoms with E-state index in [1.807, 2.05) is 35.0 Å². The van der Waals surface area contributed by atoms with E-state index in [1.54, 1.807) is 31.6 Å². The predicted octanol–water partition coefficient (Wildman–Crippen LogP) is 3.64. The Morgan fingerprint density at radius 1 is 1.21 bits per heavy atom. The maximum atomic E-state index is 13.8. The summed E-state index contributed by atoms with van der Waals surface area (Å²) >= 11 is 0. The largest absolute Gasteiger partial charge is 0.494 e. The van der Waals surface area contributed by atoms with Gasteiger partial charge in [-0.25, -0.2) is 14.2 Å². The van der Waals surface area contributed by atoms with E-state index in [0.29, 0.717) is 12.1 Å². The average molecular weight is 382 g/mol. The molecule has 2 N–H and O–H groups in total. The molecule has 0 bridgehead atoms. The number of imidazole rings is 1. The molecule has 0 saturated heterocycles. The lowest BCUT2D eigenvalue weighted by Crippen LogP contribution is -2.36. The van der Waals surface area contributed by atoms with Gasteiger partial charge in [-0.05, 0) is 35.7 Å². The van der Waals surface area contributed by atoms with Crippen molar-refractivity contribution in [1.82, 2.24) is 20.2 Å². The molecule has 28 heavy (non-hydrogen) atoms. The summed E-state index contributed by atoms with van der Waals surface area (Å²) < 4.78 is 20.7. The highest BCUT2D eigenvalue weighted by atomic mass is 19.1. The van der Waals surface area contributed by atoms with Crippen molar-refractivity contribution in [2.75, 3.05) is 7.11 Å². The van der Waals surface area contributed by atoms with Crippen molar-refractivity contribution >= 4 is 6.03 Å². The highest BCUT2D eigenvalue weighted by molar-refractivity contribution is 5.74. The Labute approximate surface area is 163 Å².